The molecule has 11 heteroatoms. The van der Waals surface area contributed by atoms with Crippen molar-refractivity contribution in [3.63, 3.8) is 0 Å². The third-order valence-electron chi connectivity index (χ3n) is 15.3. The molecule has 9 rings (SSSR count). The van der Waals surface area contributed by atoms with E-state index in [0.29, 0.717) is 43.9 Å². The largest absolute Gasteiger partial charge is 0.459 e. The summed E-state index contributed by atoms with van der Waals surface area (Å²) in [6, 6.07) is 0. The summed E-state index contributed by atoms with van der Waals surface area (Å²) in [6.07, 6.45) is 7.41. The third kappa shape index (κ3) is 7.06. The lowest BCUT2D eigenvalue weighted by Crippen LogP contribution is -2.67. The van der Waals surface area contributed by atoms with Crippen molar-refractivity contribution in [1.82, 2.24) is 0 Å². The van der Waals surface area contributed by atoms with E-state index in [4.69, 9.17) is 18.9 Å². The number of hydrogen-bond acceptors (Lipinski definition) is 11. The summed E-state index contributed by atoms with van der Waals surface area (Å²) < 4.78 is 24.2. The smallest absolute Gasteiger partial charge is 0.310 e. The highest BCUT2D eigenvalue weighted by molar-refractivity contribution is 5.79. The molecule has 0 amide bonds. The summed E-state index contributed by atoms with van der Waals surface area (Å²) in [4.78, 5) is 54.4. The van der Waals surface area contributed by atoms with Crippen molar-refractivity contribution < 1.29 is 53.4 Å². The molecule has 8 saturated carbocycles. The molecule has 0 spiro atoms. The first-order valence-electron chi connectivity index (χ1n) is 20.6. The van der Waals surface area contributed by atoms with Crippen molar-refractivity contribution in [2.24, 2.45) is 46.8 Å². The lowest BCUT2D eigenvalue weighted by atomic mass is 9.43. The number of rotatable bonds is 13. The summed E-state index contributed by atoms with van der Waals surface area (Å²) in [5, 5.41) is 34.4. The maximum Gasteiger partial charge on any atom is 0.310 e. The number of carbonyl (C=O) groups excluding carboxylic acids is 4. The normalized spacial score (nSPS) is 43.2. The number of cyclic esters (lactones) is 1. The fraction of sp³-hybridized carbons (Fsp3) is 0.905. The van der Waals surface area contributed by atoms with Crippen molar-refractivity contribution in [2.45, 2.75) is 191 Å². The molecule has 11 nitrogen and oxygen atoms in total. The van der Waals surface area contributed by atoms with Crippen molar-refractivity contribution >= 4 is 23.9 Å². The Bertz CT molecular complexity index is 1470. The molecule has 0 aromatic carbocycles. The lowest BCUT2D eigenvalue weighted by molar-refractivity contribution is -0.263. The highest BCUT2D eigenvalue weighted by Gasteiger charge is 2.66. The molecule has 1 heterocycles. The number of hydrogen-bond donors (Lipinski definition) is 3. The molecule has 9 fully saturated rings. The van der Waals surface area contributed by atoms with Gasteiger partial charge in [0.1, 0.15) is 16.8 Å². The minimum Gasteiger partial charge on any atom is -0.459 e. The highest BCUT2D eigenvalue weighted by atomic mass is 16.6. The molecule has 8 bridgehead atoms. The molecular weight excluding hydrogens is 680 g/mol. The first-order chi connectivity index (χ1) is 24.5. The van der Waals surface area contributed by atoms with Gasteiger partial charge in [-0.2, -0.15) is 0 Å². The van der Waals surface area contributed by atoms with Crippen molar-refractivity contribution in [3.05, 3.63) is 0 Å². The Hall–Kier alpha value is -2.24. The molecule has 53 heavy (non-hydrogen) atoms. The van der Waals surface area contributed by atoms with Crippen LogP contribution in [-0.4, -0.2) is 78.9 Å². The fourth-order valence-electron chi connectivity index (χ4n) is 13.4. The average molecular weight is 745 g/mol. The summed E-state index contributed by atoms with van der Waals surface area (Å²) in [5.74, 6) is -3.42. The molecule has 3 N–H and O–H groups in total. The van der Waals surface area contributed by atoms with Crippen LogP contribution in [0.2, 0.25) is 0 Å². The monoisotopic (exact) mass is 744 g/mol. The maximum absolute atomic E-state index is 14.4. The minimum absolute atomic E-state index is 0.0113. The molecule has 0 aromatic heterocycles. The molecule has 0 radical (unpaired) electrons. The van der Waals surface area contributed by atoms with Gasteiger partial charge in [-0.05, 0) is 121 Å². The second-order valence-electron chi connectivity index (χ2n) is 20.6. The van der Waals surface area contributed by atoms with Crippen LogP contribution < -0.4 is 0 Å². The quantitative estimate of drug-likeness (QED) is 0.156. The van der Waals surface area contributed by atoms with Crippen LogP contribution in [0.15, 0.2) is 0 Å². The third-order valence-corrected chi connectivity index (χ3v) is 15.3. The van der Waals surface area contributed by atoms with E-state index < -0.39 is 75.4 Å². The molecule has 8 aliphatic carbocycles. The van der Waals surface area contributed by atoms with Crippen molar-refractivity contribution in [2.75, 3.05) is 0 Å². The van der Waals surface area contributed by atoms with Gasteiger partial charge in [-0.15, -0.1) is 0 Å². The number of ether oxygens (including phenoxy) is 4. The Balaban J connectivity index is 1.11. The summed E-state index contributed by atoms with van der Waals surface area (Å²) >= 11 is 0. The standard InChI is InChI=1S/C42H64O11/c1-8-29(34(45)52-37(7,24(2)3)38-13-26-10-27(14-38)16-39(47,15-26)20-38)11-30(9-25(4)33(44)50-31-12-32(43)51-36(31,5)6)35(46)53-42-19-28-17-40(48,22-42)21-41(49,18-28)23-42/h24-31,47-49H,8-23H2,1-7H3. The Morgan fingerprint density at radius 1 is 0.792 bits per heavy atom. The van der Waals surface area contributed by atoms with Crippen LogP contribution in [0.3, 0.4) is 0 Å². The zero-order chi connectivity index (χ0) is 38.6. The second kappa shape index (κ2) is 12.9. The number of carbonyl (C=O) groups is 4. The van der Waals surface area contributed by atoms with E-state index in [1.807, 2.05) is 13.8 Å². The van der Waals surface area contributed by atoms with Gasteiger partial charge in [-0.25, -0.2) is 0 Å². The van der Waals surface area contributed by atoms with E-state index >= 15 is 0 Å². The number of aliphatic hydroxyl groups is 3. The second-order valence-corrected chi connectivity index (χ2v) is 20.6. The maximum atomic E-state index is 14.4. The molecule has 1 saturated heterocycles. The van der Waals surface area contributed by atoms with Gasteiger partial charge in [0.05, 0.1) is 41.0 Å². The predicted octanol–water partition coefficient (Wildman–Crippen LogP) is 5.71. The van der Waals surface area contributed by atoms with Gasteiger partial charge in [0.15, 0.2) is 6.10 Å². The topological polar surface area (TPSA) is 166 Å². The van der Waals surface area contributed by atoms with Crippen LogP contribution in [0.25, 0.3) is 0 Å². The van der Waals surface area contributed by atoms with Gasteiger partial charge in [-0.1, -0.05) is 27.7 Å². The molecule has 0 aromatic rings. The van der Waals surface area contributed by atoms with Gasteiger partial charge in [-0.3, -0.25) is 19.2 Å². The van der Waals surface area contributed by atoms with Crippen LogP contribution in [-0.2, 0) is 38.1 Å². The highest BCUT2D eigenvalue weighted by Crippen LogP contribution is 2.67. The molecule has 9 unspecified atom stereocenters. The Labute approximate surface area is 314 Å². The molecule has 298 valence electrons. The van der Waals surface area contributed by atoms with E-state index in [2.05, 4.69) is 13.8 Å². The molecule has 9 aliphatic rings. The Morgan fingerprint density at radius 2 is 1.40 bits per heavy atom. The molecular formula is C42H64O11. The van der Waals surface area contributed by atoms with E-state index in [1.54, 1.807) is 20.8 Å². The Morgan fingerprint density at radius 3 is 1.91 bits per heavy atom. The lowest BCUT2D eigenvalue weighted by Gasteiger charge is -2.65. The van der Waals surface area contributed by atoms with Crippen molar-refractivity contribution in [1.29, 1.82) is 0 Å². The van der Waals surface area contributed by atoms with Gasteiger partial charge in [0.25, 0.3) is 0 Å². The van der Waals surface area contributed by atoms with Gasteiger partial charge in [0, 0.05) is 24.7 Å². The van der Waals surface area contributed by atoms with Crippen LogP contribution >= 0.6 is 0 Å². The first kappa shape index (κ1) is 39.0. The number of esters is 4. The molecule has 1 aliphatic heterocycles. The van der Waals surface area contributed by atoms with Crippen LogP contribution in [0.4, 0.5) is 0 Å². The summed E-state index contributed by atoms with van der Waals surface area (Å²) in [7, 11) is 0. The predicted molar refractivity (Wildman–Crippen MR) is 192 cm³/mol. The minimum atomic E-state index is -1.10. The van der Waals surface area contributed by atoms with E-state index in [-0.39, 0.29) is 61.7 Å². The zero-order valence-corrected chi connectivity index (χ0v) is 33.0. The van der Waals surface area contributed by atoms with Crippen LogP contribution in [0.5, 0.6) is 0 Å². The zero-order valence-electron chi connectivity index (χ0n) is 33.0. The fourth-order valence-corrected chi connectivity index (χ4v) is 13.4. The van der Waals surface area contributed by atoms with Gasteiger partial charge >= 0.3 is 23.9 Å². The Kier molecular flexibility index (Phi) is 9.50. The van der Waals surface area contributed by atoms with Crippen LogP contribution in [0.1, 0.15) is 151 Å². The molecule has 9 atom stereocenters. The first-order valence-corrected chi connectivity index (χ1v) is 20.6. The van der Waals surface area contributed by atoms with E-state index in [0.717, 1.165) is 32.1 Å². The van der Waals surface area contributed by atoms with Crippen LogP contribution in [0, 0.1) is 46.8 Å². The van der Waals surface area contributed by atoms with Gasteiger partial charge < -0.3 is 34.3 Å². The van der Waals surface area contributed by atoms with E-state index in [1.165, 1.54) is 0 Å². The average Bonchev–Trinajstić information content (AvgIpc) is 3.25. The summed E-state index contributed by atoms with van der Waals surface area (Å²) in [6.45, 7) is 13.2. The van der Waals surface area contributed by atoms with Gasteiger partial charge in [0.2, 0.25) is 0 Å². The summed E-state index contributed by atoms with van der Waals surface area (Å²) in [5.41, 5.74) is -6.08. The SMILES string of the molecule is CCC(CC(CC(C)C(=O)OC1CC(=O)OC1(C)C)C(=O)OC12CC3CC(O)(CC(O)(C3)C1)C2)C(=O)OC(C)(C(C)C)C12CC3CC(CC(O)(C3)C1)C2. The van der Waals surface area contributed by atoms with Crippen molar-refractivity contribution in [3.8, 4) is 0 Å². The van der Waals surface area contributed by atoms with E-state index in [9.17, 15) is 34.5 Å².